The molecule has 2 aliphatic heterocycles. The summed E-state index contributed by atoms with van der Waals surface area (Å²) < 4.78 is 40.2. The minimum absolute atomic E-state index is 0.00261. The van der Waals surface area contributed by atoms with Crippen molar-refractivity contribution in [2.75, 3.05) is 6.54 Å². The van der Waals surface area contributed by atoms with E-state index >= 15 is 0 Å². The summed E-state index contributed by atoms with van der Waals surface area (Å²) in [5, 5.41) is 6.91. The van der Waals surface area contributed by atoms with Gasteiger partial charge in [-0.25, -0.2) is 5.43 Å². The van der Waals surface area contributed by atoms with E-state index in [1.165, 1.54) is 4.90 Å². The number of hydrogen-bond acceptors (Lipinski definition) is 5. The Hall–Kier alpha value is -2.95. The van der Waals surface area contributed by atoms with Crippen LogP contribution in [0.3, 0.4) is 0 Å². The van der Waals surface area contributed by atoms with E-state index in [1.54, 1.807) is 6.07 Å². The highest BCUT2D eigenvalue weighted by Gasteiger charge is 2.41. The SMILES string of the molecule is O=C1NNC(Cc2cccc(C(=O)N3CCn4c(nnc4C(F)(F)F)C3)c2)C2CCCCC12. The van der Waals surface area contributed by atoms with Crippen LogP contribution in [0.4, 0.5) is 13.2 Å². The summed E-state index contributed by atoms with van der Waals surface area (Å²) in [7, 11) is 0. The molecule has 2 N–H and O–H groups in total. The third kappa shape index (κ3) is 4.21. The lowest BCUT2D eigenvalue weighted by molar-refractivity contribution is -0.147. The molecule has 2 aromatic rings. The number of carbonyl (C=O) groups excluding carboxylic acids is 2. The monoisotopic (exact) mass is 462 g/mol. The molecule has 0 bridgehead atoms. The molecule has 1 aromatic carbocycles. The number of alkyl halides is 3. The Morgan fingerprint density at radius 2 is 1.97 bits per heavy atom. The van der Waals surface area contributed by atoms with Crippen LogP contribution in [0, 0.1) is 11.8 Å². The molecule has 1 saturated heterocycles. The fraction of sp³-hybridized carbons (Fsp3) is 0.545. The first kappa shape index (κ1) is 21.9. The molecular formula is C22H25F3N6O2. The van der Waals surface area contributed by atoms with Crippen LogP contribution < -0.4 is 10.9 Å². The van der Waals surface area contributed by atoms with Crippen LogP contribution in [-0.2, 0) is 30.5 Å². The van der Waals surface area contributed by atoms with Gasteiger partial charge in [0.1, 0.15) is 0 Å². The van der Waals surface area contributed by atoms with Crippen LogP contribution in [0.5, 0.6) is 0 Å². The van der Waals surface area contributed by atoms with E-state index in [-0.39, 0.29) is 55.2 Å². The Morgan fingerprint density at radius 3 is 2.79 bits per heavy atom. The summed E-state index contributed by atoms with van der Waals surface area (Å²) in [5.41, 5.74) is 7.41. The van der Waals surface area contributed by atoms with Gasteiger partial charge in [-0.15, -0.1) is 10.2 Å². The number of carbonyl (C=O) groups is 2. The lowest BCUT2D eigenvalue weighted by atomic mass is 9.72. The van der Waals surface area contributed by atoms with Gasteiger partial charge in [0.25, 0.3) is 5.91 Å². The number of hydrazine groups is 1. The van der Waals surface area contributed by atoms with Gasteiger partial charge in [-0.3, -0.25) is 15.0 Å². The fourth-order valence-corrected chi connectivity index (χ4v) is 5.34. The Balaban J connectivity index is 1.29. The third-order valence-corrected chi connectivity index (χ3v) is 6.98. The summed E-state index contributed by atoms with van der Waals surface area (Å²) in [6.07, 6.45) is 0.188. The molecule has 0 radical (unpaired) electrons. The first-order valence-corrected chi connectivity index (χ1v) is 11.2. The van der Waals surface area contributed by atoms with Crippen LogP contribution in [-0.4, -0.2) is 44.1 Å². The number of nitrogens with zero attached hydrogens (tertiary/aromatic N) is 4. The van der Waals surface area contributed by atoms with Gasteiger partial charge in [-0.05, 0) is 42.9 Å². The summed E-state index contributed by atoms with van der Waals surface area (Å²) in [6, 6.07) is 7.41. The molecule has 0 spiro atoms. The van der Waals surface area contributed by atoms with Crippen molar-refractivity contribution in [3.8, 4) is 0 Å². The lowest BCUT2D eigenvalue weighted by Gasteiger charge is -2.41. The second-order valence-electron chi connectivity index (χ2n) is 9.02. The summed E-state index contributed by atoms with van der Waals surface area (Å²) >= 11 is 0. The first-order valence-electron chi connectivity index (χ1n) is 11.2. The van der Waals surface area contributed by atoms with Crippen LogP contribution in [0.2, 0.25) is 0 Å². The van der Waals surface area contributed by atoms with Crippen LogP contribution in [0.25, 0.3) is 0 Å². The molecule has 3 heterocycles. The largest absolute Gasteiger partial charge is 0.451 e. The molecule has 11 heteroatoms. The topological polar surface area (TPSA) is 92.2 Å². The number of rotatable bonds is 3. The molecule has 2 fully saturated rings. The van der Waals surface area contributed by atoms with Crippen molar-refractivity contribution in [3.05, 3.63) is 47.0 Å². The normalized spacial score (nSPS) is 25.2. The van der Waals surface area contributed by atoms with E-state index in [0.29, 0.717) is 12.0 Å². The highest BCUT2D eigenvalue weighted by atomic mass is 19.4. The van der Waals surface area contributed by atoms with Gasteiger partial charge in [0.05, 0.1) is 6.54 Å². The van der Waals surface area contributed by atoms with Crippen molar-refractivity contribution in [3.63, 3.8) is 0 Å². The molecule has 2 amide bonds. The van der Waals surface area contributed by atoms with Crippen molar-refractivity contribution < 1.29 is 22.8 Å². The van der Waals surface area contributed by atoms with Crippen molar-refractivity contribution >= 4 is 11.8 Å². The second-order valence-corrected chi connectivity index (χ2v) is 9.02. The minimum atomic E-state index is -4.57. The quantitative estimate of drug-likeness (QED) is 0.731. The van der Waals surface area contributed by atoms with Crippen molar-refractivity contribution in [1.82, 2.24) is 30.5 Å². The molecule has 176 valence electrons. The second kappa shape index (κ2) is 8.44. The minimum Gasteiger partial charge on any atom is -0.329 e. The Bertz CT molecular complexity index is 1070. The number of halogens is 3. The molecule has 1 aliphatic carbocycles. The van der Waals surface area contributed by atoms with E-state index in [1.807, 2.05) is 18.2 Å². The highest BCUT2D eigenvalue weighted by Crippen LogP contribution is 2.35. The zero-order valence-corrected chi connectivity index (χ0v) is 17.9. The van der Waals surface area contributed by atoms with Crippen molar-refractivity contribution in [2.24, 2.45) is 11.8 Å². The van der Waals surface area contributed by atoms with Gasteiger partial charge in [-0.1, -0.05) is 25.0 Å². The highest BCUT2D eigenvalue weighted by molar-refractivity contribution is 5.94. The number of nitrogens with one attached hydrogen (secondary N) is 2. The van der Waals surface area contributed by atoms with E-state index in [4.69, 9.17) is 0 Å². The molecule has 3 aliphatic rings. The summed E-state index contributed by atoms with van der Waals surface area (Å²) in [4.78, 5) is 26.8. The summed E-state index contributed by atoms with van der Waals surface area (Å²) in [5.74, 6) is -0.792. The maximum Gasteiger partial charge on any atom is 0.451 e. The number of benzene rings is 1. The smallest absolute Gasteiger partial charge is 0.329 e. The van der Waals surface area contributed by atoms with E-state index in [2.05, 4.69) is 21.0 Å². The zero-order valence-electron chi connectivity index (χ0n) is 17.9. The average molecular weight is 462 g/mol. The molecular weight excluding hydrogens is 437 g/mol. The molecule has 1 aromatic heterocycles. The Kier molecular flexibility index (Phi) is 5.59. The molecule has 33 heavy (non-hydrogen) atoms. The van der Waals surface area contributed by atoms with Crippen LogP contribution in [0.15, 0.2) is 24.3 Å². The van der Waals surface area contributed by atoms with Gasteiger partial charge in [0, 0.05) is 30.6 Å². The van der Waals surface area contributed by atoms with Crippen LogP contribution >= 0.6 is 0 Å². The van der Waals surface area contributed by atoms with Crippen LogP contribution in [0.1, 0.15) is 53.3 Å². The number of hydrogen-bond donors (Lipinski definition) is 2. The zero-order chi connectivity index (χ0) is 23.2. The maximum absolute atomic E-state index is 13.1. The van der Waals surface area contributed by atoms with Crippen molar-refractivity contribution in [1.29, 1.82) is 0 Å². The Morgan fingerprint density at radius 1 is 1.15 bits per heavy atom. The van der Waals surface area contributed by atoms with Crippen molar-refractivity contribution in [2.45, 2.75) is 57.4 Å². The average Bonchev–Trinajstić information content (AvgIpc) is 3.25. The van der Waals surface area contributed by atoms with Gasteiger partial charge in [0.15, 0.2) is 5.82 Å². The number of aromatic nitrogens is 3. The number of fused-ring (bicyclic) bond motifs is 2. The maximum atomic E-state index is 13.1. The van der Waals surface area contributed by atoms with Gasteiger partial charge in [-0.2, -0.15) is 13.2 Å². The molecule has 3 atom stereocenters. The van der Waals surface area contributed by atoms with Gasteiger partial charge in [0.2, 0.25) is 11.7 Å². The standard InChI is InChI=1S/C22H25F3N6O2/c23-22(24,25)21-29-27-18-12-30(8-9-31(18)21)20(33)14-5-3-4-13(10-14)11-17-15-6-1-2-7-16(15)19(32)28-26-17/h3-5,10,15-17,26H,1-2,6-9,11-12H2,(H,28,32). The Labute approximate surface area is 188 Å². The van der Waals surface area contributed by atoms with Gasteiger partial charge >= 0.3 is 6.18 Å². The number of amides is 2. The molecule has 3 unspecified atom stereocenters. The molecule has 5 rings (SSSR count). The lowest BCUT2D eigenvalue weighted by Crippen LogP contribution is -2.60. The van der Waals surface area contributed by atoms with E-state index < -0.39 is 12.0 Å². The predicted molar refractivity (Wildman–Crippen MR) is 110 cm³/mol. The first-order chi connectivity index (χ1) is 15.8. The fourth-order valence-electron chi connectivity index (χ4n) is 5.34. The molecule has 8 nitrogen and oxygen atoms in total. The van der Waals surface area contributed by atoms with E-state index in [9.17, 15) is 22.8 Å². The predicted octanol–water partition coefficient (Wildman–Crippen LogP) is 2.30. The molecule has 1 saturated carbocycles. The summed E-state index contributed by atoms with van der Waals surface area (Å²) in [6.45, 7) is 0.126. The third-order valence-electron chi connectivity index (χ3n) is 6.98. The van der Waals surface area contributed by atoms with E-state index in [0.717, 1.165) is 35.8 Å². The van der Waals surface area contributed by atoms with Gasteiger partial charge < -0.3 is 9.47 Å².